The fourth-order valence-corrected chi connectivity index (χ4v) is 1.60. The van der Waals surface area contributed by atoms with Gasteiger partial charge in [0.25, 0.3) is 0 Å². The molecule has 6 nitrogen and oxygen atoms in total. The van der Waals surface area contributed by atoms with Gasteiger partial charge in [-0.15, -0.1) is 0 Å². The van der Waals surface area contributed by atoms with Crippen molar-refractivity contribution in [1.82, 2.24) is 0 Å². The molecule has 0 rings (SSSR count). The quantitative estimate of drug-likeness (QED) is 0.552. The van der Waals surface area contributed by atoms with Crippen molar-refractivity contribution in [2.75, 3.05) is 0 Å². The summed E-state index contributed by atoms with van der Waals surface area (Å²) in [5, 5.41) is 0. The van der Waals surface area contributed by atoms with Crippen LogP contribution in [0.5, 0.6) is 0 Å². The molecule has 0 radical (unpaired) electrons. The van der Waals surface area contributed by atoms with Crippen molar-refractivity contribution < 1.29 is 28.7 Å². The number of ketones is 1. The summed E-state index contributed by atoms with van der Waals surface area (Å²) in [6, 6.07) is 0. The molecule has 0 aromatic carbocycles. The number of Topliss-reactive ketones (excluding diaryl/α,β-unsaturated/α-hetero) is 1. The molecule has 0 aliphatic rings. The van der Waals surface area contributed by atoms with E-state index < -0.39 is 46.5 Å². The molecule has 0 fully saturated rings. The van der Waals surface area contributed by atoms with Crippen LogP contribution in [0.3, 0.4) is 0 Å². The minimum Gasteiger partial charge on any atom is -0.451 e. The summed E-state index contributed by atoms with van der Waals surface area (Å²) < 4.78 is 9.87. The second-order valence-electron chi connectivity index (χ2n) is 6.90. The van der Waals surface area contributed by atoms with Crippen molar-refractivity contribution in [1.29, 1.82) is 0 Å². The smallest absolute Gasteiger partial charge is 0.326 e. The molecule has 0 aliphatic heterocycles. The Balaban J connectivity index is 5.18. The SMILES string of the molecule is CC(C)C(=O)OC(=O)C(C)(C)C(=O)C(C)(C)OC(=O)C(C)C. The first-order valence-corrected chi connectivity index (χ1v) is 7.27. The molecule has 6 heteroatoms. The lowest BCUT2D eigenvalue weighted by Crippen LogP contribution is -2.50. The second-order valence-corrected chi connectivity index (χ2v) is 6.90. The zero-order chi connectivity index (χ0) is 17.9. The zero-order valence-corrected chi connectivity index (χ0v) is 14.6. The van der Waals surface area contributed by atoms with Crippen LogP contribution < -0.4 is 0 Å². The highest BCUT2D eigenvalue weighted by molar-refractivity contribution is 6.09. The van der Waals surface area contributed by atoms with Crippen LogP contribution >= 0.6 is 0 Å². The van der Waals surface area contributed by atoms with Gasteiger partial charge in [-0.3, -0.25) is 19.2 Å². The maximum Gasteiger partial charge on any atom is 0.326 e. The molecule has 0 aromatic rings. The van der Waals surface area contributed by atoms with Gasteiger partial charge in [0, 0.05) is 0 Å². The van der Waals surface area contributed by atoms with E-state index in [1.165, 1.54) is 27.7 Å². The van der Waals surface area contributed by atoms with E-state index in [2.05, 4.69) is 0 Å². The first-order valence-electron chi connectivity index (χ1n) is 7.27. The van der Waals surface area contributed by atoms with Crippen molar-refractivity contribution in [3.63, 3.8) is 0 Å². The fourth-order valence-electron chi connectivity index (χ4n) is 1.60. The monoisotopic (exact) mass is 314 g/mol. The van der Waals surface area contributed by atoms with E-state index in [9.17, 15) is 19.2 Å². The summed E-state index contributed by atoms with van der Waals surface area (Å²) in [5.74, 6) is -3.71. The van der Waals surface area contributed by atoms with Crippen molar-refractivity contribution in [2.45, 2.75) is 61.0 Å². The van der Waals surface area contributed by atoms with Crippen LogP contribution in [0, 0.1) is 17.3 Å². The molecule has 0 bridgehead atoms. The predicted octanol–water partition coefficient (Wildman–Crippen LogP) is 2.29. The molecule has 126 valence electrons. The molecule has 0 amide bonds. The third-order valence-corrected chi connectivity index (χ3v) is 3.12. The summed E-state index contributed by atoms with van der Waals surface area (Å²) in [7, 11) is 0. The van der Waals surface area contributed by atoms with Gasteiger partial charge in [-0.05, 0) is 27.7 Å². The van der Waals surface area contributed by atoms with Crippen LogP contribution in [-0.4, -0.2) is 29.3 Å². The lowest BCUT2D eigenvalue weighted by atomic mass is 9.80. The van der Waals surface area contributed by atoms with Crippen LogP contribution in [-0.2, 0) is 28.7 Å². The maximum absolute atomic E-state index is 12.5. The Morgan fingerprint density at radius 3 is 1.55 bits per heavy atom. The number of hydrogen-bond acceptors (Lipinski definition) is 6. The Hall–Kier alpha value is -1.72. The van der Waals surface area contributed by atoms with E-state index in [0.29, 0.717) is 0 Å². The molecule has 22 heavy (non-hydrogen) atoms. The molecule has 0 saturated heterocycles. The van der Waals surface area contributed by atoms with Gasteiger partial charge < -0.3 is 9.47 Å². The van der Waals surface area contributed by atoms with Gasteiger partial charge in [0.15, 0.2) is 11.4 Å². The topological polar surface area (TPSA) is 86.7 Å². The molecular formula is C16H26O6. The Morgan fingerprint density at radius 1 is 0.773 bits per heavy atom. The second kappa shape index (κ2) is 7.03. The third kappa shape index (κ3) is 4.93. The Kier molecular flexibility index (Phi) is 6.48. The summed E-state index contributed by atoms with van der Waals surface area (Å²) in [6.07, 6.45) is 0. The van der Waals surface area contributed by atoms with E-state index in [1.807, 2.05) is 0 Å². The number of esters is 3. The fraction of sp³-hybridized carbons (Fsp3) is 0.750. The van der Waals surface area contributed by atoms with E-state index in [1.54, 1.807) is 27.7 Å². The molecule has 0 unspecified atom stereocenters. The van der Waals surface area contributed by atoms with Gasteiger partial charge in [-0.25, -0.2) is 0 Å². The van der Waals surface area contributed by atoms with E-state index in [0.717, 1.165) is 0 Å². The number of carbonyl (C=O) groups excluding carboxylic acids is 4. The van der Waals surface area contributed by atoms with Crippen molar-refractivity contribution >= 4 is 23.7 Å². The lowest BCUT2D eigenvalue weighted by Gasteiger charge is -2.31. The van der Waals surface area contributed by atoms with Crippen molar-refractivity contribution in [3.8, 4) is 0 Å². The minimum absolute atomic E-state index is 0.398. The van der Waals surface area contributed by atoms with Crippen LogP contribution in [0.4, 0.5) is 0 Å². The highest BCUT2D eigenvalue weighted by atomic mass is 16.6. The predicted molar refractivity (Wildman–Crippen MR) is 79.7 cm³/mol. The van der Waals surface area contributed by atoms with Crippen molar-refractivity contribution in [3.05, 3.63) is 0 Å². The number of hydrogen-bond donors (Lipinski definition) is 0. The highest BCUT2D eigenvalue weighted by Crippen LogP contribution is 2.28. The Labute approximate surface area is 131 Å². The molecular weight excluding hydrogens is 288 g/mol. The van der Waals surface area contributed by atoms with Gasteiger partial charge in [0.1, 0.15) is 5.41 Å². The van der Waals surface area contributed by atoms with E-state index in [4.69, 9.17) is 9.47 Å². The van der Waals surface area contributed by atoms with Crippen LogP contribution in [0.2, 0.25) is 0 Å². The van der Waals surface area contributed by atoms with Gasteiger partial charge in [-0.1, -0.05) is 27.7 Å². The van der Waals surface area contributed by atoms with Crippen LogP contribution in [0.1, 0.15) is 55.4 Å². The number of ether oxygens (including phenoxy) is 2. The summed E-state index contributed by atoms with van der Waals surface area (Å²) in [6.45, 7) is 12.0. The molecule has 0 atom stereocenters. The lowest BCUT2D eigenvalue weighted by molar-refractivity contribution is -0.179. The number of carbonyl (C=O) groups is 4. The van der Waals surface area contributed by atoms with Gasteiger partial charge >= 0.3 is 17.9 Å². The van der Waals surface area contributed by atoms with Gasteiger partial charge in [-0.2, -0.15) is 0 Å². The molecule has 0 heterocycles. The zero-order valence-electron chi connectivity index (χ0n) is 14.6. The Bertz CT molecular complexity index is 471. The first-order chi connectivity index (χ1) is 9.73. The largest absolute Gasteiger partial charge is 0.451 e. The first kappa shape index (κ1) is 20.3. The maximum atomic E-state index is 12.5. The number of rotatable bonds is 6. The summed E-state index contributed by atoms with van der Waals surface area (Å²) in [4.78, 5) is 47.8. The normalized spacial score (nSPS) is 12.3. The summed E-state index contributed by atoms with van der Waals surface area (Å²) in [5.41, 5.74) is -3.10. The molecule has 0 aromatic heterocycles. The van der Waals surface area contributed by atoms with E-state index >= 15 is 0 Å². The standard InChI is InChI=1S/C16H26O6/c1-9(2)11(17)21-14(20)15(5,6)13(19)16(7,8)22-12(18)10(3)4/h9-10H,1-8H3. The highest BCUT2D eigenvalue weighted by Gasteiger charge is 2.48. The molecule has 0 saturated carbocycles. The van der Waals surface area contributed by atoms with Crippen LogP contribution in [0.25, 0.3) is 0 Å². The van der Waals surface area contributed by atoms with Crippen molar-refractivity contribution in [2.24, 2.45) is 17.3 Å². The average molecular weight is 314 g/mol. The van der Waals surface area contributed by atoms with Gasteiger partial charge in [0.2, 0.25) is 0 Å². The van der Waals surface area contributed by atoms with E-state index in [-0.39, 0.29) is 0 Å². The van der Waals surface area contributed by atoms with Crippen LogP contribution in [0.15, 0.2) is 0 Å². The Morgan fingerprint density at radius 2 is 1.18 bits per heavy atom. The minimum atomic E-state index is -1.61. The summed E-state index contributed by atoms with van der Waals surface area (Å²) >= 11 is 0. The molecule has 0 N–H and O–H groups in total. The molecule has 0 spiro atoms. The average Bonchev–Trinajstić information content (AvgIpc) is 2.36. The molecule has 0 aliphatic carbocycles. The van der Waals surface area contributed by atoms with Gasteiger partial charge in [0.05, 0.1) is 11.8 Å². The third-order valence-electron chi connectivity index (χ3n) is 3.12.